The molecule has 0 saturated heterocycles. The van der Waals surface area contributed by atoms with Gasteiger partial charge >= 0.3 is 0 Å². The van der Waals surface area contributed by atoms with Gasteiger partial charge in [-0.3, -0.25) is 9.59 Å². The van der Waals surface area contributed by atoms with Crippen LogP contribution < -0.4 is 26.4 Å². The number of primary amides is 1. The maximum Gasteiger partial charge on any atom is 0.294 e. The molecule has 4 rings (SSSR count). The van der Waals surface area contributed by atoms with E-state index in [0.717, 1.165) is 0 Å². The maximum atomic E-state index is 12.8. The Morgan fingerprint density at radius 2 is 2.15 bits per heavy atom. The molecule has 174 valence electrons. The maximum absolute atomic E-state index is 12.8. The Balaban J connectivity index is 1.54. The zero-order valence-corrected chi connectivity index (χ0v) is 18.4. The number of hydrogen-bond acceptors (Lipinski definition) is 12. The lowest BCUT2D eigenvalue weighted by Crippen LogP contribution is -2.20. The van der Waals surface area contributed by atoms with Crippen molar-refractivity contribution in [2.45, 2.75) is 0 Å². The average Bonchev–Trinajstić information content (AvgIpc) is 3.58. The van der Waals surface area contributed by atoms with Crippen molar-refractivity contribution in [2.75, 3.05) is 19.5 Å². The van der Waals surface area contributed by atoms with E-state index in [0.29, 0.717) is 27.6 Å². The number of benzene rings is 1. The molecule has 0 radical (unpaired) electrons. The van der Waals surface area contributed by atoms with Gasteiger partial charge in [-0.15, -0.1) is 16.4 Å². The van der Waals surface area contributed by atoms with Gasteiger partial charge in [0.15, 0.2) is 23.8 Å². The van der Waals surface area contributed by atoms with E-state index in [1.54, 1.807) is 24.3 Å². The average molecular weight is 483 g/mol. The molecule has 4 aromatic rings. The second-order valence-corrected chi connectivity index (χ2v) is 7.46. The standard InChI is InChI=1S/C19H17N9O5S/c1-31-12-7-10(4-5-11(12)32-9-14(20)29)8-22-24-19(30)15-16(13-3-2-6-34-13)28(27-23-15)18-17(21)25-33-26-18/h2-8H,9H2,1H3,(H2,20,29)(H2,21,25)(H,24,30)/b22-8+. The van der Waals surface area contributed by atoms with E-state index < -0.39 is 11.8 Å². The summed E-state index contributed by atoms with van der Waals surface area (Å²) in [6.07, 6.45) is 1.40. The summed E-state index contributed by atoms with van der Waals surface area (Å²) in [6, 6.07) is 8.45. The van der Waals surface area contributed by atoms with Crippen molar-refractivity contribution in [3.8, 4) is 27.9 Å². The van der Waals surface area contributed by atoms with Crippen molar-refractivity contribution < 1.29 is 23.7 Å². The minimum Gasteiger partial charge on any atom is -0.493 e. The topological polar surface area (TPSA) is 199 Å². The zero-order chi connectivity index (χ0) is 24.1. The first kappa shape index (κ1) is 22.4. The van der Waals surface area contributed by atoms with Crippen LogP contribution in [-0.4, -0.2) is 57.1 Å². The SMILES string of the molecule is COc1cc(/C=N/NC(=O)c2nnn(-c3nonc3N)c2-c2cccs2)ccc1OCC(N)=O. The third-order valence-corrected chi connectivity index (χ3v) is 5.15. The Bertz CT molecular complexity index is 1350. The number of nitrogens with one attached hydrogen (secondary N) is 1. The highest BCUT2D eigenvalue weighted by Crippen LogP contribution is 2.30. The van der Waals surface area contributed by atoms with Gasteiger partial charge in [0.1, 0.15) is 5.69 Å². The number of carbonyl (C=O) groups excluding carboxylic acids is 2. The molecule has 14 nitrogen and oxygen atoms in total. The molecule has 15 heteroatoms. The Kier molecular flexibility index (Phi) is 6.45. The summed E-state index contributed by atoms with van der Waals surface area (Å²) in [4.78, 5) is 24.4. The third-order valence-electron chi connectivity index (χ3n) is 4.27. The Morgan fingerprint density at radius 1 is 1.29 bits per heavy atom. The summed E-state index contributed by atoms with van der Waals surface area (Å²) in [6.45, 7) is -0.289. The van der Waals surface area contributed by atoms with Gasteiger partial charge < -0.3 is 20.9 Å². The summed E-state index contributed by atoms with van der Waals surface area (Å²) < 4.78 is 16.4. The summed E-state index contributed by atoms with van der Waals surface area (Å²) in [5, 5.41) is 21.0. The Morgan fingerprint density at radius 3 is 2.82 bits per heavy atom. The molecular formula is C19H17N9O5S. The molecule has 0 unspecified atom stereocenters. The Hall–Kier alpha value is -4.79. The van der Waals surface area contributed by atoms with E-state index >= 15 is 0 Å². The van der Waals surface area contributed by atoms with Crippen LogP contribution in [0, 0.1) is 0 Å². The normalized spacial score (nSPS) is 11.0. The Labute approximate surface area is 195 Å². The van der Waals surface area contributed by atoms with Crippen LogP contribution in [0.5, 0.6) is 11.5 Å². The summed E-state index contributed by atoms with van der Waals surface area (Å²) >= 11 is 1.37. The lowest BCUT2D eigenvalue weighted by Gasteiger charge is -2.09. The van der Waals surface area contributed by atoms with Crippen LogP contribution in [0.2, 0.25) is 0 Å². The number of methoxy groups -OCH3 is 1. The van der Waals surface area contributed by atoms with Crippen molar-refractivity contribution in [1.29, 1.82) is 0 Å². The number of nitrogens with two attached hydrogens (primary N) is 2. The number of carbonyl (C=O) groups is 2. The molecular weight excluding hydrogens is 466 g/mol. The number of hydrogen-bond donors (Lipinski definition) is 3. The van der Waals surface area contributed by atoms with Crippen molar-refractivity contribution in [1.82, 2.24) is 30.7 Å². The minimum atomic E-state index is -0.616. The first-order valence-corrected chi connectivity index (χ1v) is 10.4. The fourth-order valence-corrected chi connectivity index (χ4v) is 3.56. The highest BCUT2D eigenvalue weighted by Gasteiger charge is 2.25. The second-order valence-electron chi connectivity index (χ2n) is 6.51. The van der Waals surface area contributed by atoms with E-state index in [4.69, 9.17) is 20.9 Å². The molecule has 1 aromatic carbocycles. The van der Waals surface area contributed by atoms with Gasteiger partial charge in [0.25, 0.3) is 11.8 Å². The number of thiophene rings is 1. The summed E-state index contributed by atoms with van der Waals surface area (Å²) in [5.74, 6) is -0.445. The van der Waals surface area contributed by atoms with Gasteiger partial charge in [0.05, 0.1) is 18.2 Å². The predicted molar refractivity (Wildman–Crippen MR) is 120 cm³/mol. The molecule has 5 N–H and O–H groups in total. The number of anilines is 1. The van der Waals surface area contributed by atoms with Gasteiger partial charge in [-0.2, -0.15) is 9.78 Å². The van der Waals surface area contributed by atoms with E-state index in [-0.39, 0.29) is 23.9 Å². The van der Waals surface area contributed by atoms with Crippen molar-refractivity contribution >= 4 is 35.2 Å². The molecule has 0 aliphatic carbocycles. The molecule has 3 aromatic heterocycles. The van der Waals surface area contributed by atoms with Crippen molar-refractivity contribution in [3.05, 3.63) is 47.0 Å². The van der Waals surface area contributed by atoms with Crippen LogP contribution in [0.3, 0.4) is 0 Å². The predicted octanol–water partition coefficient (Wildman–Crippen LogP) is 0.598. The molecule has 0 aliphatic rings. The van der Waals surface area contributed by atoms with Gasteiger partial charge in [0, 0.05) is 0 Å². The minimum absolute atomic E-state index is 0.00483. The van der Waals surface area contributed by atoms with Crippen molar-refractivity contribution in [3.63, 3.8) is 0 Å². The summed E-state index contributed by atoms with van der Waals surface area (Å²) in [7, 11) is 1.45. The largest absolute Gasteiger partial charge is 0.493 e. The number of nitrogens with zero attached hydrogens (tertiary/aromatic N) is 6. The molecule has 0 bridgehead atoms. The molecule has 2 amide bonds. The molecule has 0 spiro atoms. The van der Waals surface area contributed by atoms with E-state index in [9.17, 15) is 9.59 Å². The lowest BCUT2D eigenvalue weighted by atomic mass is 10.2. The fourth-order valence-electron chi connectivity index (χ4n) is 2.81. The number of rotatable bonds is 9. The quantitative estimate of drug-likeness (QED) is 0.224. The van der Waals surface area contributed by atoms with Crippen LogP contribution >= 0.6 is 11.3 Å². The molecule has 0 fully saturated rings. The number of ether oxygens (including phenoxy) is 2. The number of aromatic nitrogens is 5. The number of nitrogen functional groups attached to an aromatic ring is 1. The first-order chi connectivity index (χ1) is 16.5. The highest BCUT2D eigenvalue weighted by molar-refractivity contribution is 7.13. The number of hydrazone groups is 1. The van der Waals surface area contributed by atoms with Crippen LogP contribution in [0.1, 0.15) is 16.1 Å². The second kappa shape index (κ2) is 9.78. The van der Waals surface area contributed by atoms with Crippen molar-refractivity contribution in [2.24, 2.45) is 10.8 Å². The van der Waals surface area contributed by atoms with Gasteiger partial charge in [-0.05, 0) is 45.5 Å². The molecule has 0 saturated carbocycles. The first-order valence-electron chi connectivity index (χ1n) is 9.48. The van der Waals surface area contributed by atoms with Gasteiger partial charge in [-0.25, -0.2) is 10.1 Å². The molecule has 0 aliphatic heterocycles. The van der Waals surface area contributed by atoms with E-state index in [2.05, 4.69) is 35.8 Å². The number of amides is 2. The molecule has 0 atom stereocenters. The zero-order valence-electron chi connectivity index (χ0n) is 17.5. The van der Waals surface area contributed by atoms with Gasteiger partial charge in [-0.1, -0.05) is 11.3 Å². The fraction of sp³-hybridized carbons (Fsp3) is 0.105. The third kappa shape index (κ3) is 4.68. The monoisotopic (exact) mass is 483 g/mol. The molecule has 34 heavy (non-hydrogen) atoms. The highest BCUT2D eigenvalue weighted by atomic mass is 32.1. The lowest BCUT2D eigenvalue weighted by molar-refractivity contribution is -0.119. The van der Waals surface area contributed by atoms with E-state index in [1.807, 2.05) is 11.4 Å². The van der Waals surface area contributed by atoms with Crippen LogP contribution in [-0.2, 0) is 4.79 Å². The van der Waals surface area contributed by atoms with Crippen LogP contribution in [0.4, 0.5) is 5.82 Å². The summed E-state index contributed by atoms with van der Waals surface area (Å²) in [5.41, 5.74) is 14.2. The van der Waals surface area contributed by atoms with Gasteiger partial charge in [0.2, 0.25) is 11.6 Å². The van der Waals surface area contributed by atoms with Crippen LogP contribution in [0.15, 0.2) is 45.4 Å². The van der Waals surface area contributed by atoms with Crippen LogP contribution in [0.25, 0.3) is 16.4 Å². The smallest absolute Gasteiger partial charge is 0.294 e. The molecule has 3 heterocycles. The van der Waals surface area contributed by atoms with E-state index in [1.165, 1.54) is 29.3 Å².